The van der Waals surface area contributed by atoms with E-state index in [9.17, 15) is 4.79 Å². The molecule has 0 fully saturated rings. The lowest BCUT2D eigenvalue weighted by molar-refractivity contribution is 0.102. The standard InChI is InChI=1S/C20H25N7O/c1-6-21-17-11-18(23-14(4)22-17)24-15-7-9-16(10-8-15)25-20(28)19-12(2)26-27(5)13(19)3/h7-11H,6H2,1-5H3,(H,25,28)(H2,21,22,23,24). The lowest BCUT2D eigenvalue weighted by Crippen LogP contribution is -2.14. The summed E-state index contributed by atoms with van der Waals surface area (Å²) in [6.45, 7) is 8.38. The molecule has 8 heteroatoms. The van der Waals surface area contributed by atoms with E-state index in [4.69, 9.17) is 0 Å². The Bertz CT molecular complexity index is 993. The van der Waals surface area contributed by atoms with Gasteiger partial charge in [-0.05, 0) is 52.0 Å². The van der Waals surface area contributed by atoms with Crippen molar-refractivity contribution in [1.29, 1.82) is 0 Å². The van der Waals surface area contributed by atoms with Gasteiger partial charge in [-0.15, -0.1) is 0 Å². The van der Waals surface area contributed by atoms with E-state index in [0.29, 0.717) is 28.6 Å². The zero-order valence-electron chi connectivity index (χ0n) is 16.8. The number of nitrogens with one attached hydrogen (secondary N) is 3. The third-order valence-corrected chi connectivity index (χ3v) is 4.35. The Kier molecular flexibility index (Phi) is 5.58. The van der Waals surface area contributed by atoms with Gasteiger partial charge in [0.2, 0.25) is 0 Å². The summed E-state index contributed by atoms with van der Waals surface area (Å²) in [7, 11) is 1.83. The molecule has 1 aromatic carbocycles. The zero-order chi connectivity index (χ0) is 20.3. The monoisotopic (exact) mass is 379 g/mol. The van der Waals surface area contributed by atoms with Gasteiger partial charge in [0.15, 0.2) is 0 Å². The Morgan fingerprint density at radius 1 is 1.04 bits per heavy atom. The highest BCUT2D eigenvalue weighted by Crippen LogP contribution is 2.21. The molecule has 3 N–H and O–H groups in total. The number of benzene rings is 1. The van der Waals surface area contributed by atoms with Gasteiger partial charge in [-0.25, -0.2) is 9.97 Å². The molecule has 146 valence electrons. The number of aromatic nitrogens is 4. The summed E-state index contributed by atoms with van der Waals surface area (Å²) in [5, 5.41) is 13.7. The molecule has 0 atom stereocenters. The Morgan fingerprint density at radius 3 is 2.29 bits per heavy atom. The van der Waals surface area contributed by atoms with Crippen molar-refractivity contribution in [3.63, 3.8) is 0 Å². The van der Waals surface area contributed by atoms with Gasteiger partial charge in [-0.2, -0.15) is 5.10 Å². The third kappa shape index (κ3) is 4.28. The highest BCUT2D eigenvalue weighted by molar-refractivity contribution is 6.05. The van der Waals surface area contributed by atoms with Crippen molar-refractivity contribution >= 4 is 28.9 Å². The van der Waals surface area contributed by atoms with Crippen molar-refractivity contribution in [2.45, 2.75) is 27.7 Å². The first-order valence-corrected chi connectivity index (χ1v) is 9.15. The van der Waals surface area contributed by atoms with Crippen LogP contribution in [0.15, 0.2) is 30.3 Å². The van der Waals surface area contributed by atoms with Crippen molar-refractivity contribution < 1.29 is 4.79 Å². The van der Waals surface area contributed by atoms with Crippen molar-refractivity contribution in [1.82, 2.24) is 19.7 Å². The molecule has 2 aromatic heterocycles. The van der Waals surface area contributed by atoms with Gasteiger partial charge >= 0.3 is 0 Å². The molecule has 0 aliphatic rings. The molecular formula is C20H25N7O. The van der Waals surface area contributed by atoms with Gasteiger partial charge in [-0.1, -0.05) is 0 Å². The number of hydrogen-bond donors (Lipinski definition) is 3. The SMILES string of the molecule is CCNc1cc(Nc2ccc(NC(=O)c3c(C)nn(C)c3C)cc2)nc(C)n1. The van der Waals surface area contributed by atoms with E-state index in [1.807, 2.05) is 65.1 Å². The van der Waals surface area contributed by atoms with E-state index in [2.05, 4.69) is 31.0 Å². The normalized spacial score (nSPS) is 10.6. The van der Waals surface area contributed by atoms with Crippen LogP contribution in [0.25, 0.3) is 0 Å². The Labute approximate surface area is 164 Å². The van der Waals surface area contributed by atoms with Gasteiger partial charge in [0, 0.05) is 36.7 Å². The fraction of sp³-hybridized carbons (Fsp3) is 0.300. The number of carbonyl (C=O) groups is 1. The van der Waals surface area contributed by atoms with E-state index in [-0.39, 0.29) is 5.91 Å². The van der Waals surface area contributed by atoms with Crippen molar-refractivity contribution in [2.24, 2.45) is 7.05 Å². The van der Waals surface area contributed by atoms with Gasteiger partial charge in [0.25, 0.3) is 5.91 Å². The maximum Gasteiger partial charge on any atom is 0.259 e. The summed E-state index contributed by atoms with van der Waals surface area (Å²) in [6, 6.07) is 9.34. The fourth-order valence-corrected chi connectivity index (χ4v) is 2.98. The van der Waals surface area contributed by atoms with Gasteiger partial charge < -0.3 is 16.0 Å². The largest absolute Gasteiger partial charge is 0.370 e. The number of hydrogen-bond acceptors (Lipinski definition) is 6. The lowest BCUT2D eigenvalue weighted by Gasteiger charge is -2.10. The summed E-state index contributed by atoms with van der Waals surface area (Å²) in [5.74, 6) is 2.02. The van der Waals surface area contributed by atoms with Gasteiger partial charge in [0.1, 0.15) is 17.5 Å². The van der Waals surface area contributed by atoms with Gasteiger partial charge in [0.05, 0.1) is 11.3 Å². The molecule has 3 rings (SSSR count). The second-order valence-corrected chi connectivity index (χ2v) is 6.54. The highest BCUT2D eigenvalue weighted by Gasteiger charge is 2.17. The quantitative estimate of drug-likeness (QED) is 0.606. The third-order valence-electron chi connectivity index (χ3n) is 4.35. The maximum atomic E-state index is 12.6. The average Bonchev–Trinajstić information content (AvgIpc) is 2.88. The molecule has 8 nitrogen and oxygen atoms in total. The maximum absolute atomic E-state index is 12.6. The number of carbonyl (C=O) groups excluding carboxylic acids is 1. The fourth-order valence-electron chi connectivity index (χ4n) is 2.98. The van der Waals surface area contributed by atoms with E-state index >= 15 is 0 Å². The summed E-state index contributed by atoms with van der Waals surface area (Å²) in [4.78, 5) is 21.3. The number of aryl methyl sites for hydroxylation is 3. The minimum atomic E-state index is -0.162. The minimum Gasteiger partial charge on any atom is -0.370 e. The summed E-state index contributed by atoms with van der Waals surface area (Å²) >= 11 is 0. The molecule has 28 heavy (non-hydrogen) atoms. The smallest absolute Gasteiger partial charge is 0.259 e. The van der Waals surface area contributed by atoms with E-state index < -0.39 is 0 Å². The van der Waals surface area contributed by atoms with Crippen LogP contribution in [0, 0.1) is 20.8 Å². The zero-order valence-corrected chi connectivity index (χ0v) is 16.8. The topological polar surface area (TPSA) is 96.8 Å². The van der Waals surface area contributed by atoms with Crippen molar-refractivity contribution in [2.75, 3.05) is 22.5 Å². The number of amides is 1. The second kappa shape index (κ2) is 8.08. The van der Waals surface area contributed by atoms with Gasteiger partial charge in [-0.3, -0.25) is 9.48 Å². The Morgan fingerprint density at radius 2 is 1.68 bits per heavy atom. The van der Waals surface area contributed by atoms with Crippen molar-refractivity contribution in [3.05, 3.63) is 53.1 Å². The van der Waals surface area contributed by atoms with E-state index in [1.165, 1.54) is 0 Å². The van der Waals surface area contributed by atoms with Crippen LogP contribution in [-0.2, 0) is 7.05 Å². The van der Waals surface area contributed by atoms with E-state index in [0.717, 1.165) is 23.7 Å². The molecule has 1 amide bonds. The first kappa shape index (κ1) is 19.3. The number of nitrogens with zero attached hydrogens (tertiary/aromatic N) is 4. The molecule has 2 heterocycles. The molecule has 0 bridgehead atoms. The lowest BCUT2D eigenvalue weighted by atomic mass is 10.1. The Hall–Kier alpha value is -3.42. The Balaban J connectivity index is 1.71. The highest BCUT2D eigenvalue weighted by atomic mass is 16.1. The number of anilines is 4. The summed E-state index contributed by atoms with van der Waals surface area (Å²) in [5.41, 5.74) is 3.74. The van der Waals surface area contributed by atoms with E-state index in [1.54, 1.807) is 4.68 Å². The molecule has 0 aliphatic heterocycles. The van der Waals surface area contributed by atoms with Crippen LogP contribution < -0.4 is 16.0 Å². The molecule has 0 spiro atoms. The van der Waals surface area contributed by atoms with Crippen LogP contribution in [-0.4, -0.2) is 32.2 Å². The summed E-state index contributed by atoms with van der Waals surface area (Å²) < 4.78 is 1.71. The molecule has 0 saturated carbocycles. The van der Waals surface area contributed by atoms with Crippen LogP contribution in [0.1, 0.15) is 34.5 Å². The second-order valence-electron chi connectivity index (χ2n) is 6.54. The van der Waals surface area contributed by atoms with Crippen LogP contribution in [0.2, 0.25) is 0 Å². The average molecular weight is 379 g/mol. The van der Waals surface area contributed by atoms with Crippen LogP contribution >= 0.6 is 0 Å². The molecule has 0 saturated heterocycles. The molecular weight excluding hydrogens is 354 g/mol. The first-order valence-electron chi connectivity index (χ1n) is 9.15. The molecule has 3 aromatic rings. The van der Waals surface area contributed by atoms with Crippen LogP contribution in [0.5, 0.6) is 0 Å². The minimum absolute atomic E-state index is 0.162. The predicted octanol–water partition coefficient (Wildman–Crippen LogP) is 3.56. The van der Waals surface area contributed by atoms with Crippen LogP contribution in [0.3, 0.4) is 0 Å². The summed E-state index contributed by atoms with van der Waals surface area (Å²) in [6.07, 6.45) is 0. The number of rotatable bonds is 6. The predicted molar refractivity (Wildman–Crippen MR) is 111 cm³/mol. The first-order chi connectivity index (χ1) is 13.4. The van der Waals surface area contributed by atoms with Crippen LogP contribution in [0.4, 0.5) is 23.0 Å². The molecule has 0 radical (unpaired) electrons. The van der Waals surface area contributed by atoms with Crippen molar-refractivity contribution in [3.8, 4) is 0 Å². The molecule has 0 aliphatic carbocycles. The molecule has 0 unspecified atom stereocenters.